The molecule has 1 amide bonds. The van der Waals surface area contributed by atoms with E-state index in [-0.39, 0.29) is 11.9 Å². The van der Waals surface area contributed by atoms with Crippen LogP contribution in [-0.4, -0.2) is 17.4 Å². The molecule has 2 aromatic rings. The second-order valence-corrected chi connectivity index (χ2v) is 4.93. The van der Waals surface area contributed by atoms with Gasteiger partial charge >= 0.3 is 0 Å². The Morgan fingerprint density at radius 3 is 3.11 bits per heavy atom. The Hall–Kier alpha value is -2.36. The van der Waals surface area contributed by atoms with E-state index in [1.54, 1.807) is 12.4 Å². The molecule has 1 atom stereocenters. The minimum absolute atomic E-state index is 0.0349. The number of rotatable bonds is 0. The average molecular weight is 251 g/mol. The van der Waals surface area contributed by atoms with Crippen molar-refractivity contribution in [3.8, 4) is 0 Å². The smallest absolute Gasteiger partial charge is 0.251 e. The second-order valence-electron chi connectivity index (χ2n) is 4.93. The van der Waals surface area contributed by atoms with E-state index in [1.165, 1.54) is 5.56 Å². The lowest BCUT2D eigenvalue weighted by atomic mass is 9.90. The van der Waals surface area contributed by atoms with E-state index in [4.69, 9.17) is 0 Å². The van der Waals surface area contributed by atoms with Gasteiger partial charge in [0, 0.05) is 12.7 Å². The van der Waals surface area contributed by atoms with E-state index in [0.29, 0.717) is 0 Å². The van der Waals surface area contributed by atoms with E-state index in [2.05, 4.69) is 27.3 Å². The van der Waals surface area contributed by atoms with Gasteiger partial charge in [-0.2, -0.15) is 0 Å². The van der Waals surface area contributed by atoms with Gasteiger partial charge in [0.25, 0.3) is 5.91 Å². The first-order chi connectivity index (χ1) is 9.34. The highest BCUT2D eigenvalue weighted by Crippen LogP contribution is 2.40. The molecule has 2 aliphatic rings. The van der Waals surface area contributed by atoms with Gasteiger partial charge in [-0.05, 0) is 23.6 Å². The van der Waals surface area contributed by atoms with Crippen LogP contribution in [0.25, 0.3) is 0 Å². The van der Waals surface area contributed by atoms with Crippen molar-refractivity contribution in [3.63, 3.8) is 0 Å². The van der Waals surface area contributed by atoms with Crippen molar-refractivity contribution >= 4 is 17.3 Å². The normalized spacial score (nSPS) is 20.1. The summed E-state index contributed by atoms with van der Waals surface area (Å²) in [7, 11) is 0. The Morgan fingerprint density at radius 1 is 1.26 bits per heavy atom. The van der Waals surface area contributed by atoms with Crippen LogP contribution < -0.4 is 10.2 Å². The number of fused-ring (bicyclic) bond motifs is 5. The summed E-state index contributed by atoms with van der Waals surface area (Å²) < 4.78 is 0. The summed E-state index contributed by atoms with van der Waals surface area (Å²) >= 11 is 0. The lowest BCUT2D eigenvalue weighted by molar-refractivity contribution is -0.117. The summed E-state index contributed by atoms with van der Waals surface area (Å²) in [6.07, 6.45) is 4.46. The molecule has 0 spiro atoms. The molecule has 1 unspecified atom stereocenters. The number of anilines is 2. The molecule has 0 aliphatic carbocycles. The monoisotopic (exact) mass is 251 g/mol. The van der Waals surface area contributed by atoms with Crippen LogP contribution in [0.3, 0.4) is 0 Å². The van der Waals surface area contributed by atoms with Gasteiger partial charge in [0.2, 0.25) is 0 Å². The van der Waals surface area contributed by atoms with Crippen LogP contribution in [0.5, 0.6) is 0 Å². The fourth-order valence-corrected chi connectivity index (χ4v) is 3.04. The average Bonchev–Trinajstić information content (AvgIpc) is 2.46. The Labute approximate surface area is 111 Å². The van der Waals surface area contributed by atoms with Crippen molar-refractivity contribution in [2.45, 2.75) is 12.5 Å². The number of carbonyl (C=O) groups excluding carboxylic acids is 1. The summed E-state index contributed by atoms with van der Waals surface area (Å²) in [6.45, 7) is 0.867. The largest absolute Gasteiger partial charge is 0.354 e. The molecule has 1 aromatic carbocycles. The number of aromatic nitrogens is 1. The molecule has 2 aliphatic heterocycles. The Morgan fingerprint density at radius 2 is 2.16 bits per heavy atom. The molecule has 0 saturated heterocycles. The van der Waals surface area contributed by atoms with E-state index >= 15 is 0 Å². The first kappa shape index (κ1) is 10.6. The first-order valence-corrected chi connectivity index (χ1v) is 6.44. The quantitative estimate of drug-likeness (QED) is 0.780. The maximum absolute atomic E-state index is 12.4. The fraction of sp³-hybridized carbons (Fsp3) is 0.200. The molecule has 1 N–H and O–H groups in total. The minimum atomic E-state index is -0.208. The van der Waals surface area contributed by atoms with E-state index < -0.39 is 0 Å². The highest BCUT2D eigenvalue weighted by molar-refractivity contribution is 6.04. The van der Waals surface area contributed by atoms with Gasteiger partial charge in [-0.15, -0.1) is 0 Å². The number of benzene rings is 1. The van der Waals surface area contributed by atoms with Crippen molar-refractivity contribution < 1.29 is 4.79 Å². The third-order valence-electron chi connectivity index (χ3n) is 3.90. The van der Waals surface area contributed by atoms with Crippen LogP contribution in [0.1, 0.15) is 17.2 Å². The molecule has 19 heavy (non-hydrogen) atoms. The number of amides is 1. The topological polar surface area (TPSA) is 45.2 Å². The number of pyridine rings is 1. The van der Waals surface area contributed by atoms with Crippen molar-refractivity contribution in [3.05, 3.63) is 53.9 Å². The Balaban J connectivity index is 1.89. The molecular weight excluding hydrogens is 238 g/mol. The maximum Gasteiger partial charge on any atom is 0.251 e. The van der Waals surface area contributed by atoms with Gasteiger partial charge in [0.1, 0.15) is 6.04 Å². The zero-order valence-electron chi connectivity index (χ0n) is 10.3. The summed E-state index contributed by atoms with van der Waals surface area (Å²) in [4.78, 5) is 18.6. The van der Waals surface area contributed by atoms with Crippen LogP contribution in [0.2, 0.25) is 0 Å². The van der Waals surface area contributed by atoms with E-state index in [1.807, 2.05) is 18.2 Å². The van der Waals surface area contributed by atoms with Crippen molar-refractivity contribution in [2.24, 2.45) is 0 Å². The zero-order valence-corrected chi connectivity index (χ0v) is 10.3. The molecule has 4 nitrogen and oxygen atoms in total. The molecule has 4 heteroatoms. The van der Waals surface area contributed by atoms with E-state index in [9.17, 15) is 4.79 Å². The number of carbonyl (C=O) groups is 1. The predicted molar refractivity (Wildman–Crippen MR) is 73.1 cm³/mol. The predicted octanol–water partition coefficient (Wildman–Crippen LogP) is 2.14. The van der Waals surface area contributed by atoms with Gasteiger partial charge in [0.15, 0.2) is 0 Å². The van der Waals surface area contributed by atoms with Crippen LogP contribution in [0.4, 0.5) is 11.4 Å². The zero-order chi connectivity index (χ0) is 12.8. The lowest BCUT2D eigenvalue weighted by Gasteiger charge is -2.41. The summed E-state index contributed by atoms with van der Waals surface area (Å²) in [5.74, 6) is 0.0349. The Bertz CT molecular complexity index is 668. The fourth-order valence-electron chi connectivity index (χ4n) is 3.04. The molecule has 1 aromatic heterocycles. The molecule has 94 valence electrons. The van der Waals surface area contributed by atoms with Crippen molar-refractivity contribution in [1.82, 2.24) is 4.98 Å². The second kappa shape index (κ2) is 3.82. The van der Waals surface area contributed by atoms with Crippen LogP contribution in [0, 0.1) is 0 Å². The molecule has 0 bridgehead atoms. The molecule has 0 radical (unpaired) electrons. The van der Waals surface area contributed by atoms with Crippen molar-refractivity contribution in [1.29, 1.82) is 0 Å². The highest BCUT2D eigenvalue weighted by atomic mass is 16.2. The Kier molecular flexibility index (Phi) is 2.12. The molecule has 4 rings (SSSR count). The molecule has 3 heterocycles. The van der Waals surface area contributed by atoms with Gasteiger partial charge < -0.3 is 10.2 Å². The van der Waals surface area contributed by atoms with Crippen LogP contribution >= 0.6 is 0 Å². The number of nitrogens with one attached hydrogen (secondary N) is 1. The van der Waals surface area contributed by atoms with Crippen LogP contribution in [-0.2, 0) is 11.2 Å². The van der Waals surface area contributed by atoms with Gasteiger partial charge in [-0.1, -0.05) is 24.3 Å². The molecule has 0 saturated carbocycles. The first-order valence-electron chi connectivity index (χ1n) is 6.44. The highest BCUT2D eigenvalue weighted by Gasteiger charge is 2.37. The number of hydrogen-bond donors (Lipinski definition) is 1. The number of hydrogen-bond acceptors (Lipinski definition) is 3. The maximum atomic E-state index is 12.4. The van der Waals surface area contributed by atoms with Gasteiger partial charge in [-0.25, -0.2) is 0 Å². The van der Waals surface area contributed by atoms with Gasteiger partial charge in [0.05, 0.1) is 17.6 Å². The van der Waals surface area contributed by atoms with E-state index in [0.717, 1.165) is 29.9 Å². The lowest BCUT2D eigenvalue weighted by Crippen LogP contribution is -2.45. The summed E-state index contributed by atoms with van der Waals surface area (Å²) in [5.41, 5.74) is 4.27. The standard InChI is InChI=1S/C15H13N3O/c19-15-14-11-4-2-1-3-10(11)6-8-18(14)13-5-7-16-9-12(13)17-15/h1-5,7,9,14H,6,8H2,(H,17,19). The third-order valence-corrected chi connectivity index (χ3v) is 3.90. The van der Waals surface area contributed by atoms with Crippen molar-refractivity contribution in [2.75, 3.05) is 16.8 Å². The molecule has 0 fully saturated rings. The minimum Gasteiger partial charge on any atom is -0.354 e. The molecular formula is C15H13N3O. The summed E-state index contributed by atoms with van der Waals surface area (Å²) in [6, 6.07) is 9.96. The van der Waals surface area contributed by atoms with Crippen LogP contribution in [0.15, 0.2) is 42.7 Å². The number of nitrogens with zero attached hydrogens (tertiary/aromatic N) is 2. The summed E-state index contributed by atoms with van der Waals surface area (Å²) in [5, 5.41) is 2.96. The third kappa shape index (κ3) is 1.46. The van der Waals surface area contributed by atoms with Gasteiger partial charge in [-0.3, -0.25) is 9.78 Å². The SMILES string of the molecule is O=C1Nc2cnccc2N2CCc3ccccc3C12.